The lowest BCUT2D eigenvalue weighted by atomic mass is 9.84. The van der Waals surface area contributed by atoms with Crippen LogP contribution in [0.15, 0.2) is 12.2 Å². The van der Waals surface area contributed by atoms with Crippen molar-refractivity contribution in [3.8, 4) is 0 Å². The predicted molar refractivity (Wildman–Crippen MR) is 56.8 cm³/mol. The Hall–Kier alpha value is -0.300. The summed E-state index contributed by atoms with van der Waals surface area (Å²) in [6.45, 7) is 11.3. The molecule has 74 valence electrons. The van der Waals surface area contributed by atoms with Crippen LogP contribution in [0.5, 0.6) is 0 Å². The fourth-order valence-corrected chi connectivity index (χ4v) is 3.30. The van der Waals surface area contributed by atoms with E-state index in [0.29, 0.717) is 5.54 Å². The van der Waals surface area contributed by atoms with Crippen LogP contribution in [-0.4, -0.2) is 23.5 Å². The van der Waals surface area contributed by atoms with E-state index < -0.39 is 0 Å². The molecule has 0 amide bonds. The fraction of sp³-hybridized carbons (Fsp3) is 0.833. The molecule has 13 heavy (non-hydrogen) atoms. The summed E-state index contributed by atoms with van der Waals surface area (Å²) in [5.74, 6) is 0.825. The van der Waals surface area contributed by atoms with Gasteiger partial charge in [-0.1, -0.05) is 26.0 Å². The maximum atomic E-state index is 4.15. The van der Waals surface area contributed by atoms with Gasteiger partial charge in [0.15, 0.2) is 0 Å². The average molecular weight is 179 g/mol. The zero-order valence-corrected chi connectivity index (χ0v) is 8.97. The second-order valence-electron chi connectivity index (χ2n) is 5.27. The van der Waals surface area contributed by atoms with Crippen molar-refractivity contribution in [3.05, 3.63) is 12.2 Å². The molecular formula is C12H21N. The first kappa shape index (κ1) is 9.26. The number of nitrogens with zero attached hydrogens (tertiary/aromatic N) is 1. The molecule has 0 aliphatic carbocycles. The Kier molecular flexibility index (Phi) is 2.23. The average Bonchev–Trinajstić information content (AvgIpc) is 2.40. The van der Waals surface area contributed by atoms with E-state index >= 15 is 0 Å². The zero-order valence-electron chi connectivity index (χ0n) is 8.97. The van der Waals surface area contributed by atoms with Crippen LogP contribution >= 0.6 is 0 Å². The summed E-state index contributed by atoms with van der Waals surface area (Å²) >= 11 is 0. The van der Waals surface area contributed by atoms with E-state index in [2.05, 4.69) is 25.3 Å². The van der Waals surface area contributed by atoms with Gasteiger partial charge >= 0.3 is 0 Å². The van der Waals surface area contributed by atoms with Gasteiger partial charge < -0.3 is 0 Å². The van der Waals surface area contributed by atoms with E-state index in [9.17, 15) is 0 Å². The largest absolute Gasteiger partial charge is 0.293 e. The molecule has 0 unspecified atom stereocenters. The van der Waals surface area contributed by atoms with Gasteiger partial charge in [-0.05, 0) is 38.1 Å². The molecule has 2 heterocycles. The lowest BCUT2D eigenvalue weighted by Crippen LogP contribution is -2.39. The highest BCUT2D eigenvalue weighted by Crippen LogP contribution is 2.44. The van der Waals surface area contributed by atoms with Crippen molar-refractivity contribution >= 4 is 0 Å². The van der Waals surface area contributed by atoms with Crippen LogP contribution < -0.4 is 0 Å². The Bertz CT molecular complexity index is 219. The van der Waals surface area contributed by atoms with Gasteiger partial charge in [0.25, 0.3) is 0 Å². The van der Waals surface area contributed by atoms with E-state index in [-0.39, 0.29) is 0 Å². The van der Waals surface area contributed by atoms with Crippen LogP contribution in [0.2, 0.25) is 0 Å². The molecule has 0 bridgehead atoms. The third kappa shape index (κ3) is 1.54. The molecule has 0 saturated carbocycles. The summed E-state index contributed by atoms with van der Waals surface area (Å²) in [6, 6.07) is 0. The Labute approximate surface area is 81.8 Å². The summed E-state index contributed by atoms with van der Waals surface area (Å²) in [6.07, 6.45) is 5.45. The molecular weight excluding hydrogens is 158 g/mol. The number of hydrogen-bond acceptors (Lipinski definition) is 1. The summed E-state index contributed by atoms with van der Waals surface area (Å²) < 4.78 is 0. The van der Waals surface area contributed by atoms with Crippen LogP contribution in [0.1, 0.15) is 39.5 Å². The highest BCUT2D eigenvalue weighted by Gasteiger charge is 2.45. The number of rotatable bonds is 2. The molecule has 0 aromatic carbocycles. The second-order valence-corrected chi connectivity index (χ2v) is 5.27. The van der Waals surface area contributed by atoms with Crippen LogP contribution in [0.3, 0.4) is 0 Å². The van der Waals surface area contributed by atoms with Gasteiger partial charge in [0, 0.05) is 12.1 Å². The maximum Gasteiger partial charge on any atom is 0.0253 e. The lowest BCUT2D eigenvalue weighted by molar-refractivity contribution is 0.163. The minimum Gasteiger partial charge on any atom is -0.293 e. The van der Waals surface area contributed by atoms with Crippen molar-refractivity contribution in [2.24, 2.45) is 5.92 Å². The quantitative estimate of drug-likeness (QED) is 0.589. The van der Waals surface area contributed by atoms with Gasteiger partial charge in [-0.3, -0.25) is 4.90 Å². The summed E-state index contributed by atoms with van der Waals surface area (Å²) in [4.78, 5) is 2.68. The van der Waals surface area contributed by atoms with Crippen molar-refractivity contribution < 1.29 is 0 Å². The van der Waals surface area contributed by atoms with E-state index in [1.54, 1.807) is 0 Å². The Morgan fingerprint density at radius 3 is 3.00 bits per heavy atom. The Morgan fingerprint density at radius 1 is 1.54 bits per heavy atom. The Balaban J connectivity index is 2.13. The molecule has 1 heteroatoms. The SMILES string of the molecule is C=C1CN2CCC[C@]2(CC(C)C)C1. The molecule has 0 aromatic rings. The van der Waals surface area contributed by atoms with Crippen LogP contribution in [0.4, 0.5) is 0 Å². The van der Waals surface area contributed by atoms with Crippen molar-refractivity contribution in [1.82, 2.24) is 4.90 Å². The summed E-state index contributed by atoms with van der Waals surface area (Å²) in [5, 5.41) is 0. The van der Waals surface area contributed by atoms with Gasteiger partial charge in [-0.25, -0.2) is 0 Å². The van der Waals surface area contributed by atoms with Crippen molar-refractivity contribution in [2.45, 2.75) is 45.1 Å². The van der Waals surface area contributed by atoms with Gasteiger partial charge in [0.1, 0.15) is 0 Å². The van der Waals surface area contributed by atoms with E-state index in [1.807, 2.05) is 0 Å². The first-order valence-corrected chi connectivity index (χ1v) is 5.54. The molecule has 0 N–H and O–H groups in total. The summed E-state index contributed by atoms with van der Waals surface area (Å²) in [7, 11) is 0. The second kappa shape index (κ2) is 3.13. The number of fused-ring (bicyclic) bond motifs is 1. The highest BCUT2D eigenvalue weighted by atomic mass is 15.2. The normalized spacial score (nSPS) is 34.5. The smallest absolute Gasteiger partial charge is 0.0253 e. The van der Waals surface area contributed by atoms with Crippen LogP contribution in [0.25, 0.3) is 0 Å². The molecule has 1 nitrogen and oxygen atoms in total. The highest BCUT2D eigenvalue weighted by molar-refractivity contribution is 5.17. The molecule has 0 aromatic heterocycles. The van der Waals surface area contributed by atoms with Crippen molar-refractivity contribution in [1.29, 1.82) is 0 Å². The topological polar surface area (TPSA) is 3.24 Å². The fourth-order valence-electron chi connectivity index (χ4n) is 3.30. The molecule has 2 saturated heterocycles. The van der Waals surface area contributed by atoms with Gasteiger partial charge in [-0.2, -0.15) is 0 Å². The standard InChI is InChI=1S/C12H21N/c1-10(2)7-12-5-4-6-13(12)9-11(3)8-12/h10H,3-9H2,1-2H3/t12-/m0/s1. The van der Waals surface area contributed by atoms with Gasteiger partial charge in [0.05, 0.1) is 0 Å². The maximum absolute atomic E-state index is 4.15. The molecule has 2 fully saturated rings. The number of hydrogen-bond donors (Lipinski definition) is 0. The van der Waals surface area contributed by atoms with Crippen molar-refractivity contribution in [2.75, 3.05) is 13.1 Å². The third-order valence-corrected chi connectivity index (χ3v) is 3.52. The van der Waals surface area contributed by atoms with Gasteiger partial charge in [0.2, 0.25) is 0 Å². The van der Waals surface area contributed by atoms with Crippen LogP contribution in [0, 0.1) is 5.92 Å². The minimum absolute atomic E-state index is 0.533. The molecule has 1 atom stereocenters. The first-order chi connectivity index (χ1) is 6.12. The molecule has 0 spiro atoms. The van der Waals surface area contributed by atoms with E-state index in [4.69, 9.17) is 0 Å². The minimum atomic E-state index is 0.533. The lowest BCUT2D eigenvalue weighted by Gasteiger charge is -2.33. The first-order valence-electron chi connectivity index (χ1n) is 5.54. The Morgan fingerprint density at radius 2 is 2.31 bits per heavy atom. The molecule has 2 aliphatic heterocycles. The van der Waals surface area contributed by atoms with E-state index in [0.717, 1.165) is 5.92 Å². The van der Waals surface area contributed by atoms with Crippen molar-refractivity contribution in [3.63, 3.8) is 0 Å². The monoisotopic (exact) mass is 179 g/mol. The zero-order chi connectivity index (χ0) is 9.47. The predicted octanol–water partition coefficient (Wildman–Crippen LogP) is 2.83. The van der Waals surface area contributed by atoms with E-state index in [1.165, 1.54) is 44.3 Å². The molecule has 2 rings (SSSR count). The summed E-state index contributed by atoms with van der Waals surface area (Å²) in [5.41, 5.74) is 1.99. The third-order valence-electron chi connectivity index (χ3n) is 3.52. The van der Waals surface area contributed by atoms with Gasteiger partial charge in [-0.15, -0.1) is 0 Å². The molecule has 0 radical (unpaired) electrons. The van der Waals surface area contributed by atoms with Crippen LogP contribution in [-0.2, 0) is 0 Å². The molecule has 2 aliphatic rings.